The predicted octanol–water partition coefficient (Wildman–Crippen LogP) is 3.11. The average Bonchev–Trinajstić information content (AvgIpc) is 2.95. The van der Waals surface area contributed by atoms with E-state index in [-0.39, 0.29) is 22.0 Å². The fourth-order valence-corrected chi connectivity index (χ4v) is 5.06. The number of nitrogens with zero attached hydrogens (tertiary/aromatic N) is 1. The normalized spacial score (nSPS) is 16.6. The van der Waals surface area contributed by atoms with Crippen LogP contribution in [0.2, 0.25) is 0 Å². The molecular formula is C14H9F4NO4S2. The van der Waals surface area contributed by atoms with E-state index in [1.54, 1.807) is 0 Å². The Labute approximate surface area is 143 Å². The van der Waals surface area contributed by atoms with E-state index < -0.39 is 39.4 Å². The molecule has 1 aliphatic heterocycles. The first-order valence-electron chi connectivity index (χ1n) is 6.71. The van der Waals surface area contributed by atoms with Crippen molar-refractivity contribution >= 4 is 32.1 Å². The van der Waals surface area contributed by atoms with Crippen molar-refractivity contribution in [1.29, 1.82) is 0 Å². The lowest BCUT2D eigenvalue weighted by molar-refractivity contribution is -0.275. The molecule has 0 saturated heterocycles. The highest BCUT2D eigenvalue weighted by molar-refractivity contribution is 7.92. The lowest BCUT2D eigenvalue weighted by Gasteiger charge is -2.26. The van der Waals surface area contributed by atoms with Gasteiger partial charge < -0.3 is 4.74 Å². The molecule has 0 atom stereocenters. The zero-order valence-corrected chi connectivity index (χ0v) is 13.8. The summed E-state index contributed by atoms with van der Waals surface area (Å²) in [6.07, 6.45) is -5.06. The topological polar surface area (TPSA) is 63.7 Å². The monoisotopic (exact) mass is 395 g/mol. The van der Waals surface area contributed by atoms with E-state index in [1.807, 2.05) is 0 Å². The van der Waals surface area contributed by atoms with Crippen molar-refractivity contribution in [1.82, 2.24) is 0 Å². The van der Waals surface area contributed by atoms with E-state index in [0.717, 1.165) is 28.4 Å². The van der Waals surface area contributed by atoms with E-state index in [4.69, 9.17) is 0 Å². The molecule has 3 rings (SSSR count). The average molecular weight is 395 g/mol. The van der Waals surface area contributed by atoms with Crippen LogP contribution in [0, 0.1) is 5.82 Å². The Bertz CT molecular complexity index is 937. The van der Waals surface area contributed by atoms with Gasteiger partial charge in [0.15, 0.2) is 21.4 Å². The first-order chi connectivity index (χ1) is 11.6. The molecule has 134 valence electrons. The first-order valence-corrected chi connectivity index (χ1v) is 9.25. The summed E-state index contributed by atoms with van der Waals surface area (Å²) < 4.78 is 77.9. The van der Waals surface area contributed by atoms with Gasteiger partial charge in [0, 0.05) is 0 Å². The maximum absolute atomic E-state index is 13.5. The van der Waals surface area contributed by atoms with E-state index in [1.165, 1.54) is 17.5 Å². The minimum Gasteiger partial charge on any atom is -0.403 e. The second-order valence-corrected chi connectivity index (χ2v) is 7.99. The van der Waals surface area contributed by atoms with Crippen LogP contribution in [0.15, 0.2) is 34.5 Å². The summed E-state index contributed by atoms with van der Waals surface area (Å²) in [4.78, 5) is 13.3. The second-order valence-electron chi connectivity index (χ2n) is 5.14. The quantitative estimate of drug-likeness (QED) is 0.750. The van der Waals surface area contributed by atoms with Gasteiger partial charge in [-0.1, -0.05) is 6.07 Å². The molecular weight excluding hydrogens is 386 g/mol. The van der Waals surface area contributed by atoms with Gasteiger partial charge in [0.2, 0.25) is 5.91 Å². The van der Waals surface area contributed by atoms with Gasteiger partial charge in [-0.15, -0.1) is 24.5 Å². The molecule has 0 saturated carbocycles. The lowest BCUT2D eigenvalue weighted by atomic mass is 10.2. The summed E-state index contributed by atoms with van der Waals surface area (Å²) in [5.74, 6) is -3.67. The van der Waals surface area contributed by atoms with Crippen molar-refractivity contribution < 1.29 is 35.5 Å². The fraction of sp³-hybridized carbons (Fsp3) is 0.214. The molecule has 1 aromatic carbocycles. The number of carbonyl (C=O) groups excluding carboxylic acids is 1. The van der Waals surface area contributed by atoms with Crippen LogP contribution in [0.25, 0.3) is 0 Å². The maximum Gasteiger partial charge on any atom is 0.573 e. The zero-order valence-electron chi connectivity index (χ0n) is 12.2. The van der Waals surface area contributed by atoms with Crippen LogP contribution in [0.1, 0.15) is 5.56 Å². The number of amides is 1. The number of fused-ring (bicyclic) bond motifs is 1. The van der Waals surface area contributed by atoms with Gasteiger partial charge >= 0.3 is 6.36 Å². The molecule has 0 unspecified atom stereocenters. The number of rotatable bonds is 3. The molecule has 25 heavy (non-hydrogen) atoms. The Morgan fingerprint density at radius 3 is 2.64 bits per heavy atom. The number of halogens is 4. The molecule has 1 amide bonds. The minimum absolute atomic E-state index is 0.00835. The van der Waals surface area contributed by atoms with Crippen LogP contribution < -0.4 is 9.64 Å². The van der Waals surface area contributed by atoms with Crippen LogP contribution in [0.4, 0.5) is 22.6 Å². The molecule has 0 radical (unpaired) electrons. The number of benzene rings is 1. The molecule has 1 aromatic heterocycles. The van der Waals surface area contributed by atoms with Gasteiger partial charge in [0.1, 0.15) is 15.6 Å². The highest BCUT2D eigenvalue weighted by Gasteiger charge is 2.36. The zero-order chi connectivity index (χ0) is 18.4. The third kappa shape index (κ3) is 3.61. The van der Waals surface area contributed by atoms with Gasteiger partial charge in [0.25, 0.3) is 0 Å². The van der Waals surface area contributed by atoms with Crippen molar-refractivity contribution in [3.8, 4) is 5.75 Å². The second kappa shape index (κ2) is 5.99. The summed E-state index contributed by atoms with van der Waals surface area (Å²) in [5, 5.41) is 1.68. The van der Waals surface area contributed by atoms with E-state index in [0.29, 0.717) is 0 Å². The van der Waals surface area contributed by atoms with E-state index in [2.05, 4.69) is 4.74 Å². The van der Waals surface area contributed by atoms with Crippen LogP contribution in [-0.2, 0) is 21.2 Å². The van der Waals surface area contributed by atoms with Gasteiger partial charge in [-0.3, -0.25) is 9.69 Å². The van der Waals surface area contributed by atoms with Crippen molar-refractivity contribution in [2.45, 2.75) is 17.8 Å². The van der Waals surface area contributed by atoms with Crippen molar-refractivity contribution in [3.63, 3.8) is 0 Å². The number of ether oxygens (including phenoxy) is 1. The highest BCUT2D eigenvalue weighted by Crippen LogP contribution is 2.37. The molecule has 1 aliphatic rings. The number of sulfone groups is 1. The number of hydrogen-bond acceptors (Lipinski definition) is 5. The van der Waals surface area contributed by atoms with Crippen molar-refractivity contribution in [2.24, 2.45) is 0 Å². The lowest BCUT2D eigenvalue weighted by Crippen LogP contribution is -2.39. The highest BCUT2D eigenvalue weighted by atomic mass is 32.2. The van der Waals surface area contributed by atoms with E-state index >= 15 is 0 Å². The maximum atomic E-state index is 13.5. The number of thiophene rings is 1. The predicted molar refractivity (Wildman–Crippen MR) is 80.6 cm³/mol. The molecule has 0 spiro atoms. The van der Waals surface area contributed by atoms with Crippen LogP contribution in [0.3, 0.4) is 0 Å². The van der Waals surface area contributed by atoms with Gasteiger partial charge in [0.05, 0.1) is 6.54 Å². The van der Waals surface area contributed by atoms with Crippen LogP contribution in [0.5, 0.6) is 5.75 Å². The number of hydrogen-bond donors (Lipinski definition) is 0. The summed E-state index contributed by atoms with van der Waals surface area (Å²) in [5.41, 5.74) is 0.160. The standard InChI is InChI=1S/C14H9F4NO4S2/c15-9-2-1-8(5-10(9)23-14(16,17)18)6-19-12(20)7-25(21,22)11-3-4-24-13(11)19/h1-5H,6-7H2. The van der Waals surface area contributed by atoms with Gasteiger partial charge in [-0.05, 0) is 29.1 Å². The Morgan fingerprint density at radius 2 is 1.96 bits per heavy atom. The third-order valence-electron chi connectivity index (χ3n) is 3.37. The SMILES string of the molecule is O=C1CS(=O)(=O)c2ccsc2N1Cc1ccc(F)c(OC(F)(F)F)c1. The van der Waals surface area contributed by atoms with Crippen molar-refractivity contribution in [3.05, 3.63) is 41.0 Å². The molecule has 0 aliphatic carbocycles. The number of anilines is 1. The summed E-state index contributed by atoms with van der Waals surface area (Å²) in [7, 11) is -3.73. The molecule has 0 fully saturated rings. The largest absolute Gasteiger partial charge is 0.573 e. The van der Waals surface area contributed by atoms with E-state index in [9.17, 15) is 30.8 Å². The Kier molecular flexibility index (Phi) is 4.23. The Balaban J connectivity index is 1.93. The molecule has 0 N–H and O–H groups in total. The number of carbonyl (C=O) groups is 1. The number of alkyl halides is 3. The van der Waals surface area contributed by atoms with Crippen LogP contribution >= 0.6 is 11.3 Å². The molecule has 11 heteroatoms. The summed E-state index contributed by atoms with van der Waals surface area (Å²) >= 11 is 1.02. The van der Waals surface area contributed by atoms with Crippen molar-refractivity contribution in [2.75, 3.05) is 10.7 Å². The third-order valence-corrected chi connectivity index (χ3v) is 6.06. The molecule has 5 nitrogen and oxygen atoms in total. The Hall–Kier alpha value is -2.14. The fourth-order valence-electron chi connectivity index (χ4n) is 2.35. The molecule has 0 bridgehead atoms. The van der Waals surface area contributed by atoms with Gasteiger partial charge in [-0.25, -0.2) is 12.8 Å². The molecule has 2 aromatic rings. The minimum atomic E-state index is -5.06. The van der Waals surface area contributed by atoms with Gasteiger partial charge in [-0.2, -0.15) is 0 Å². The summed E-state index contributed by atoms with van der Waals surface area (Å²) in [6, 6.07) is 4.17. The smallest absolute Gasteiger partial charge is 0.403 e. The first kappa shape index (κ1) is 17.7. The summed E-state index contributed by atoms with van der Waals surface area (Å²) in [6.45, 7) is -0.212. The molecule has 2 heterocycles. The van der Waals surface area contributed by atoms with Crippen LogP contribution in [-0.4, -0.2) is 26.4 Å². The Morgan fingerprint density at radius 1 is 1.24 bits per heavy atom.